The van der Waals surface area contributed by atoms with Crippen LogP contribution in [-0.4, -0.2) is 22.4 Å². The maximum absolute atomic E-state index is 12.2. The van der Waals surface area contributed by atoms with Gasteiger partial charge >= 0.3 is 0 Å². The van der Waals surface area contributed by atoms with E-state index < -0.39 is 0 Å². The molecule has 22 heavy (non-hydrogen) atoms. The minimum Gasteiger partial charge on any atom is -0.369 e. The molecule has 1 heterocycles. The lowest BCUT2D eigenvalue weighted by molar-refractivity contribution is 0.102. The summed E-state index contributed by atoms with van der Waals surface area (Å²) in [6, 6.07) is 5.94. The van der Waals surface area contributed by atoms with E-state index in [0.717, 1.165) is 23.4 Å². The molecule has 0 aliphatic carbocycles. The number of carbonyl (C=O) groups excluding carboxylic acids is 1. The van der Waals surface area contributed by atoms with Crippen molar-refractivity contribution < 1.29 is 4.79 Å². The fourth-order valence-electron chi connectivity index (χ4n) is 1.90. The van der Waals surface area contributed by atoms with E-state index in [1.54, 1.807) is 6.20 Å². The van der Waals surface area contributed by atoms with Crippen LogP contribution in [0, 0.1) is 19.8 Å². The Hall–Kier alpha value is -2.43. The average molecular weight is 298 g/mol. The van der Waals surface area contributed by atoms with E-state index in [1.165, 1.54) is 6.20 Å². The van der Waals surface area contributed by atoms with Crippen molar-refractivity contribution in [3.63, 3.8) is 0 Å². The number of nitrogens with zero attached hydrogens (tertiary/aromatic N) is 2. The zero-order valence-electron chi connectivity index (χ0n) is 13.5. The number of aryl methyl sites for hydroxylation is 2. The molecule has 1 aromatic heterocycles. The van der Waals surface area contributed by atoms with Crippen molar-refractivity contribution in [2.24, 2.45) is 5.92 Å². The van der Waals surface area contributed by atoms with Gasteiger partial charge in [-0.15, -0.1) is 0 Å². The van der Waals surface area contributed by atoms with Crippen LogP contribution in [0.1, 0.15) is 35.5 Å². The monoisotopic (exact) mass is 298 g/mol. The van der Waals surface area contributed by atoms with Crippen LogP contribution in [0.15, 0.2) is 30.6 Å². The second-order valence-corrected chi connectivity index (χ2v) is 5.83. The Bertz CT molecular complexity index is 650. The molecule has 1 amide bonds. The molecular formula is C17H22N4O. The minimum absolute atomic E-state index is 0.253. The number of benzene rings is 1. The lowest BCUT2D eigenvalue weighted by Crippen LogP contribution is -2.16. The first-order valence-corrected chi connectivity index (χ1v) is 7.40. The van der Waals surface area contributed by atoms with Crippen LogP contribution in [-0.2, 0) is 0 Å². The summed E-state index contributed by atoms with van der Waals surface area (Å²) in [5.41, 5.74) is 3.21. The van der Waals surface area contributed by atoms with Crippen molar-refractivity contribution in [3.8, 4) is 0 Å². The first kappa shape index (κ1) is 15.9. The van der Waals surface area contributed by atoms with E-state index in [4.69, 9.17) is 0 Å². The Morgan fingerprint density at radius 2 is 1.95 bits per heavy atom. The number of hydrogen-bond donors (Lipinski definition) is 2. The number of anilines is 2. The van der Waals surface area contributed by atoms with Crippen LogP contribution in [0.25, 0.3) is 0 Å². The summed E-state index contributed by atoms with van der Waals surface area (Å²) in [4.78, 5) is 20.6. The van der Waals surface area contributed by atoms with Crippen molar-refractivity contribution in [1.29, 1.82) is 0 Å². The molecule has 0 saturated carbocycles. The molecule has 116 valence electrons. The predicted molar refractivity (Wildman–Crippen MR) is 89.2 cm³/mol. The van der Waals surface area contributed by atoms with E-state index in [0.29, 0.717) is 17.4 Å². The Morgan fingerprint density at radius 1 is 1.18 bits per heavy atom. The molecule has 2 rings (SSSR count). The molecule has 0 fully saturated rings. The zero-order valence-corrected chi connectivity index (χ0v) is 13.5. The fourth-order valence-corrected chi connectivity index (χ4v) is 1.90. The molecule has 0 radical (unpaired) electrons. The Labute approximate surface area is 131 Å². The van der Waals surface area contributed by atoms with E-state index in [-0.39, 0.29) is 5.91 Å². The molecule has 0 spiro atoms. The standard InChI is InChI=1S/C17H22N4O/c1-11(2)8-19-16-10-18-15(9-20-16)17(22)21-14-7-12(3)5-6-13(14)4/h5-7,9-11H,8H2,1-4H3,(H,19,20)(H,21,22). The quantitative estimate of drug-likeness (QED) is 0.887. The van der Waals surface area contributed by atoms with Gasteiger partial charge in [0.2, 0.25) is 0 Å². The van der Waals surface area contributed by atoms with Crippen LogP contribution in [0.5, 0.6) is 0 Å². The van der Waals surface area contributed by atoms with Crippen molar-refractivity contribution >= 4 is 17.4 Å². The molecule has 0 atom stereocenters. The van der Waals surface area contributed by atoms with Crippen LogP contribution >= 0.6 is 0 Å². The van der Waals surface area contributed by atoms with E-state index in [1.807, 2.05) is 32.0 Å². The maximum atomic E-state index is 12.2. The normalized spacial score (nSPS) is 10.6. The summed E-state index contributed by atoms with van der Waals surface area (Å²) < 4.78 is 0. The molecule has 0 aliphatic heterocycles. The minimum atomic E-state index is -0.253. The molecule has 5 heteroatoms. The summed E-state index contributed by atoms with van der Waals surface area (Å²) in [6.45, 7) is 9.01. The first-order chi connectivity index (χ1) is 10.5. The van der Waals surface area contributed by atoms with Gasteiger partial charge in [-0.05, 0) is 37.0 Å². The highest BCUT2D eigenvalue weighted by Gasteiger charge is 2.10. The Balaban J connectivity index is 2.05. The van der Waals surface area contributed by atoms with Crippen molar-refractivity contribution in [1.82, 2.24) is 9.97 Å². The molecule has 2 aromatic rings. The van der Waals surface area contributed by atoms with Gasteiger partial charge in [0.15, 0.2) is 0 Å². The molecule has 0 bridgehead atoms. The lowest BCUT2D eigenvalue weighted by Gasteiger charge is -2.10. The van der Waals surface area contributed by atoms with E-state index in [9.17, 15) is 4.79 Å². The second-order valence-electron chi connectivity index (χ2n) is 5.83. The van der Waals surface area contributed by atoms with Gasteiger partial charge in [-0.25, -0.2) is 9.97 Å². The van der Waals surface area contributed by atoms with Gasteiger partial charge in [0.1, 0.15) is 11.5 Å². The van der Waals surface area contributed by atoms with Crippen molar-refractivity contribution in [2.45, 2.75) is 27.7 Å². The Morgan fingerprint density at radius 3 is 2.59 bits per heavy atom. The number of aromatic nitrogens is 2. The SMILES string of the molecule is Cc1ccc(C)c(NC(=O)c2cnc(NCC(C)C)cn2)c1. The van der Waals surface area contributed by atoms with Crippen molar-refractivity contribution in [3.05, 3.63) is 47.4 Å². The third-order valence-corrected chi connectivity index (χ3v) is 3.22. The second kappa shape index (κ2) is 7.02. The number of amides is 1. The zero-order chi connectivity index (χ0) is 16.1. The van der Waals surface area contributed by atoms with Gasteiger partial charge in [-0.2, -0.15) is 0 Å². The van der Waals surface area contributed by atoms with E-state index in [2.05, 4.69) is 34.4 Å². The highest BCUT2D eigenvalue weighted by molar-refractivity contribution is 6.03. The largest absolute Gasteiger partial charge is 0.369 e. The molecule has 0 saturated heterocycles. The van der Waals surface area contributed by atoms with Crippen LogP contribution in [0.3, 0.4) is 0 Å². The lowest BCUT2D eigenvalue weighted by atomic mass is 10.1. The van der Waals surface area contributed by atoms with Gasteiger partial charge in [0.25, 0.3) is 5.91 Å². The number of carbonyl (C=O) groups is 1. The topological polar surface area (TPSA) is 66.9 Å². The highest BCUT2D eigenvalue weighted by atomic mass is 16.1. The van der Waals surface area contributed by atoms with Gasteiger partial charge in [0, 0.05) is 12.2 Å². The third-order valence-electron chi connectivity index (χ3n) is 3.22. The summed E-state index contributed by atoms with van der Waals surface area (Å²) in [5.74, 6) is 0.947. The first-order valence-electron chi connectivity index (χ1n) is 7.40. The predicted octanol–water partition coefficient (Wildman–Crippen LogP) is 3.41. The fraction of sp³-hybridized carbons (Fsp3) is 0.353. The maximum Gasteiger partial charge on any atom is 0.275 e. The highest BCUT2D eigenvalue weighted by Crippen LogP contribution is 2.17. The van der Waals surface area contributed by atoms with Crippen LogP contribution in [0.2, 0.25) is 0 Å². The van der Waals surface area contributed by atoms with Gasteiger partial charge in [0.05, 0.1) is 12.4 Å². The summed E-state index contributed by atoms with van der Waals surface area (Å²) in [5, 5.41) is 6.05. The van der Waals surface area contributed by atoms with Gasteiger partial charge in [-0.1, -0.05) is 26.0 Å². The summed E-state index contributed by atoms with van der Waals surface area (Å²) in [7, 11) is 0. The van der Waals surface area contributed by atoms with Crippen LogP contribution < -0.4 is 10.6 Å². The Kier molecular flexibility index (Phi) is 5.09. The number of rotatable bonds is 5. The van der Waals surface area contributed by atoms with Gasteiger partial charge in [-0.3, -0.25) is 4.79 Å². The van der Waals surface area contributed by atoms with Gasteiger partial charge < -0.3 is 10.6 Å². The average Bonchev–Trinajstić information content (AvgIpc) is 2.49. The summed E-state index contributed by atoms with van der Waals surface area (Å²) in [6.07, 6.45) is 3.07. The molecule has 0 aliphatic rings. The molecular weight excluding hydrogens is 276 g/mol. The molecule has 5 nitrogen and oxygen atoms in total. The molecule has 2 N–H and O–H groups in total. The smallest absolute Gasteiger partial charge is 0.275 e. The number of nitrogens with one attached hydrogen (secondary N) is 2. The van der Waals surface area contributed by atoms with Crippen molar-refractivity contribution in [2.75, 3.05) is 17.2 Å². The molecule has 1 aromatic carbocycles. The third kappa shape index (κ3) is 4.28. The van der Waals surface area contributed by atoms with Crippen LogP contribution in [0.4, 0.5) is 11.5 Å². The summed E-state index contributed by atoms with van der Waals surface area (Å²) >= 11 is 0. The van der Waals surface area contributed by atoms with E-state index >= 15 is 0 Å². The number of hydrogen-bond acceptors (Lipinski definition) is 4. The molecule has 0 unspecified atom stereocenters.